The molecule has 84 valence electrons. The van der Waals surface area contributed by atoms with E-state index in [-0.39, 0.29) is 12.3 Å². The predicted octanol–water partition coefficient (Wildman–Crippen LogP) is -0.517. The van der Waals surface area contributed by atoms with Crippen LogP contribution in [0.4, 0.5) is 4.79 Å². The normalized spacial score (nSPS) is 15.0. The number of hydrogen-bond donors (Lipinski definition) is 2. The average Bonchev–Trinajstić information content (AvgIpc) is 2.15. The monoisotopic (exact) mass is 220 g/mol. The molecule has 2 amide bonds. The number of primary amides is 1. The van der Waals surface area contributed by atoms with Gasteiger partial charge in [-0.15, -0.1) is 0 Å². The van der Waals surface area contributed by atoms with E-state index in [0.29, 0.717) is 17.1 Å². The van der Waals surface area contributed by atoms with Crippen LogP contribution >= 0.6 is 0 Å². The molecule has 0 aliphatic carbocycles. The molecule has 14 heavy (non-hydrogen) atoms. The highest BCUT2D eigenvalue weighted by Crippen LogP contribution is 2.00. The molecule has 0 rings (SSSR count). The zero-order chi connectivity index (χ0) is 11.0. The number of rotatable bonds is 7. The second-order valence-corrected chi connectivity index (χ2v) is 3.55. The third kappa shape index (κ3) is 6.87. The van der Waals surface area contributed by atoms with Crippen molar-refractivity contribution in [1.82, 2.24) is 5.32 Å². The molecule has 0 aromatic rings. The van der Waals surface area contributed by atoms with Crippen molar-refractivity contribution in [2.45, 2.75) is 39.0 Å². The lowest BCUT2D eigenvalue weighted by molar-refractivity contribution is -0.0651. The lowest BCUT2D eigenvalue weighted by Gasteiger charge is -2.17. The minimum absolute atomic E-state index is 0.0915. The molecule has 6 heteroatoms. The first kappa shape index (κ1) is 13.4. The van der Waals surface area contributed by atoms with Crippen molar-refractivity contribution in [3.63, 3.8) is 0 Å². The van der Waals surface area contributed by atoms with Crippen LogP contribution in [0.15, 0.2) is 0 Å². The minimum atomic E-state index is -0.482. The summed E-state index contributed by atoms with van der Waals surface area (Å²) in [5, 5.41) is 2.65. The molecule has 0 fully saturated rings. The van der Waals surface area contributed by atoms with Gasteiger partial charge in [0, 0.05) is 6.04 Å². The third-order valence-electron chi connectivity index (χ3n) is 1.99. The van der Waals surface area contributed by atoms with E-state index in [2.05, 4.69) is 5.32 Å². The van der Waals surface area contributed by atoms with E-state index in [4.69, 9.17) is 14.9 Å². The van der Waals surface area contributed by atoms with Crippen LogP contribution in [0.25, 0.3) is 0 Å². The van der Waals surface area contributed by atoms with Crippen molar-refractivity contribution in [1.29, 1.82) is 0 Å². The van der Waals surface area contributed by atoms with Crippen molar-refractivity contribution in [3.05, 3.63) is 0 Å². The maximum Gasteiger partial charge on any atom is 0.312 e. The van der Waals surface area contributed by atoms with Crippen LogP contribution in [0.1, 0.15) is 26.7 Å². The molecule has 2 unspecified atom stereocenters. The van der Waals surface area contributed by atoms with E-state index >= 15 is 0 Å². The van der Waals surface area contributed by atoms with Crippen LogP contribution in [0.2, 0.25) is 0 Å². The molecular formula is C8H20N2O3Si. The second kappa shape index (κ2) is 7.78. The maximum atomic E-state index is 10.6. The van der Waals surface area contributed by atoms with Crippen LogP contribution in [0, 0.1) is 0 Å². The van der Waals surface area contributed by atoms with Gasteiger partial charge in [0.15, 0.2) is 0 Å². The van der Waals surface area contributed by atoms with Gasteiger partial charge in [-0.2, -0.15) is 0 Å². The van der Waals surface area contributed by atoms with Gasteiger partial charge in [-0.05, 0) is 19.8 Å². The Balaban J connectivity index is 3.57. The average molecular weight is 220 g/mol. The van der Waals surface area contributed by atoms with Crippen LogP contribution in [0.5, 0.6) is 0 Å². The summed E-state index contributed by atoms with van der Waals surface area (Å²) in [4.78, 5) is 10.6. The summed E-state index contributed by atoms with van der Waals surface area (Å²) in [6.45, 7) is 4.42. The van der Waals surface area contributed by atoms with Crippen molar-refractivity contribution >= 4 is 16.5 Å². The van der Waals surface area contributed by atoms with Crippen molar-refractivity contribution in [2.24, 2.45) is 5.73 Å². The molecule has 3 N–H and O–H groups in total. The Kier molecular flexibility index (Phi) is 7.45. The van der Waals surface area contributed by atoms with E-state index < -0.39 is 6.03 Å². The molecule has 0 aromatic carbocycles. The number of amides is 2. The summed E-state index contributed by atoms with van der Waals surface area (Å²) >= 11 is 0. The topological polar surface area (TPSA) is 73.6 Å². The van der Waals surface area contributed by atoms with Gasteiger partial charge in [0.2, 0.25) is 0 Å². The molecule has 0 radical (unpaired) electrons. The Hall–Kier alpha value is -0.593. The van der Waals surface area contributed by atoms with Gasteiger partial charge in [-0.1, -0.05) is 6.92 Å². The summed E-state index contributed by atoms with van der Waals surface area (Å²) in [5.74, 6) is 0. The summed E-state index contributed by atoms with van der Waals surface area (Å²) in [7, 11) is 0.670. The number of hydrogen-bond acceptors (Lipinski definition) is 3. The predicted molar refractivity (Wildman–Crippen MR) is 57.9 cm³/mol. The van der Waals surface area contributed by atoms with Gasteiger partial charge in [0.25, 0.3) is 0 Å². The van der Waals surface area contributed by atoms with E-state index in [1.54, 1.807) is 0 Å². The zero-order valence-electron chi connectivity index (χ0n) is 9.08. The summed E-state index contributed by atoms with van der Waals surface area (Å²) < 4.78 is 10.4. The largest absolute Gasteiger partial charge is 0.404 e. The molecule has 0 aliphatic rings. The summed E-state index contributed by atoms with van der Waals surface area (Å²) in [6.07, 6.45) is 1.46. The molecule has 0 aliphatic heterocycles. The van der Waals surface area contributed by atoms with Crippen LogP contribution in [0.3, 0.4) is 0 Å². The van der Waals surface area contributed by atoms with Crippen LogP contribution in [-0.2, 0) is 9.16 Å². The molecule has 0 spiro atoms. The first-order valence-corrected chi connectivity index (χ1v) is 5.62. The van der Waals surface area contributed by atoms with Gasteiger partial charge in [0.05, 0.1) is 6.61 Å². The number of ether oxygens (including phenoxy) is 1. The first-order valence-electron chi connectivity index (χ1n) is 4.80. The lowest BCUT2D eigenvalue weighted by Crippen LogP contribution is -2.39. The van der Waals surface area contributed by atoms with Gasteiger partial charge in [0.1, 0.15) is 16.8 Å². The molecule has 0 bridgehead atoms. The van der Waals surface area contributed by atoms with Crippen LogP contribution < -0.4 is 11.1 Å². The fraction of sp³-hybridized carbons (Fsp3) is 0.875. The highest BCUT2D eigenvalue weighted by atomic mass is 28.2. The third-order valence-corrected chi connectivity index (χ3v) is 2.65. The van der Waals surface area contributed by atoms with Gasteiger partial charge in [-0.3, -0.25) is 0 Å². The van der Waals surface area contributed by atoms with Crippen molar-refractivity contribution < 1.29 is 14.0 Å². The Labute approximate surface area is 87.9 Å². The van der Waals surface area contributed by atoms with E-state index in [0.717, 1.165) is 12.8 Å². The van der Waals surface area contributed by atoms with Gasteiger partial charge < -0.3 is 20.2 Å². The lowest BCUT2D eigenvalue weighted by atomic mass is 10.2. The quantitative estimate of drug-likeness (QED) is 0.448. The van der Waals surface area contributed by atoms with Gasteiger partial charge in [-0.25, -0.2) is 4.79 Å². The molecule has 0 heterocycles. The highest BCUT2D eigenvalue weighted by molar-refractivity contribution is 5.98. The Morgan fingerprint density at radius 1 is 1.64 bits per heavy atom. The van der Waals surface area contributed by atoms with Crippen molar-refractivity contribution in [3.8, 4) is 0 Å². The molecule has 0 aromatic heterocycles. The molecule has 0 saturated carbocycles. The fourth-order valence-electron chi connectivity index (χ4n) is 1.02. The Morgan fingerprint density at radius 2 is 2.29 bits per heavy atom. The Bertz CT molecular complexity index is 169. The number of nitrogens with two attached hydrogens (primary N) is 1. The summed E-state index contributed by atoms with van der Waals surface area (Å²) in [6, 6.07) is -0.391. The van der Waals surface area contributed by atoms with E-state index in [1.165, 1.54) is 0 Å². The second-order valence-electron chi connectivity index (χ2n) is 3.08. The molecule has 0 saturated heterocycles. The number of urea groups is 1. The van der Waals surface area contributed by atoms with Crippen molar-refractivity contribution in [2.75, 3.05) is 6.61 Å². The molecule has 5 nitrogen and oxygen atoms in total. The minimum Gasteiger partial charge on any atom is -0.404 e. The van der Waals surface area contributed by atoms with E-state index in [1.807, 2.05) is 13.8 Å². The standard InChI is InChI=1S/C8H20N2O3Si/c1-3-7(10-8(9)11)4-5-12-6(2)13-14/h6-7H,3-5H2,1-2,14H3,(H3,9,10,11). The first-order chi connectivity index (χ1) is 6.60. The SMILES string of the molecule is CCC(CCOC(C)O[SiH3])NC(N)=O. The number of nitrogens with one attached hydrogen (secondary N) is 1. The van der Waals surface area contributed by atoms with Crippen LogP contribution in [-0.4, -0.2) is 35.5 Å². The number of carbonyl (C=O) groups is 1. The number of carbonyl (C=O) groups excluding carboxylic acids is 1. The fourth-order valence-corrected chi connectivity index (χ4v) is 1.16. The Morgan fingerprint density at radius 3 is 2.71 bits per heavy atom. The maximum absolute atomic E-state index is 10.6. The molecule has 2 atom stereocenters. The highest BCUT2D eigenvalue weighted by Gasteiger charge is 2.08. The smallest absolute Gasteiger partial charge is 0.312 e. The molecular weight excluding hydrogens is 200 g/mol. The summed E-state index contributed by atoms with van der Waals surface area (Å²) in [5.41, 5.74) is 5.02. The van der Waals surface area contributed by atoms with E-state index in [9.17, 15) is 4.79 Å². The zero-order valence-corrected chi connectivity index (χ0v) is 11.1. The van der Waals surface area contributed by atoms with Gasteiger partial charge >= 0.3 is 6.03 Å².